The number of aryl methyl sites for hydroxylation is 1. The van der Waals surface area contributed by atoms with E-state index in [1.807, 2.05) is 24.7 Å². The molecule has 16 heavy (non-hydrogen) atoms. The van der Waals surface area contributed by atoms with E-state index in [-0.39, 0.29) is 0 Å². The molecule has 78 valence electrons. The third kappa shape index (κ3) is 1.29. The zero-order valence-corrected chi connectivity index (χ0v) is 8.94. The summed E-state index contributed by atoms with van der Waals surface area (Å²) in [7, 11) is 0. The summed E-state index contributed by atoms with van der Waals surface area (Å²) in [6, 6.07) is 6.27. The third-order valence-corrected chi connectivity index (χ3v) is 2.82. The Morgan fingerprint density at radius 3 is 2.75 bits per heavy atom. The van der Waals surface area contributed by atoms with Gasteiger partial charge in [-0.15, -0.1) is 0 Å². The Morgan fingerprint density at radius 2 is 1.94 bits per heavy atom. The van der Waals surface area contributed by atoms with E-state index in [1.54, 1.807) is 6.33 Å². The van der Waals surface area contributed by atoms with E-state index in [0.29, 0.717) is 0 Å². The largest absolute Gasteiger partial charge is 0.345 e. The Kier molecular flexibility index (Phi) is 1.96. The van der Waals surface area contributed by atoms with E-state index in [4.69, 9.17) is 0 Å². The van der Waals surface area contributed by atoms with Crippen LogP contribution in [0.5, 0.6) is 0 Å². The van der Waals surface area contributed by atoms with E-state index >= 15 is 0 Å². The van der Waals surface area contributed by atoms with Gasteiger partial charge >= 0.3 is 0 Å². The molecule has 0 bridgehead atoms. The highest BCUT2D eigenvalue weighted by Gasteiger charge is 2.06. The van der Waals surface area contributed by atoms with Crippen LogP contribution in [0.1, 0.15) is 5.56 Å². The fraction of sp³-hybridized carbons (Fsp3) is 0.0769. The highest BCUT2D eigenvalue weighted by molar-refractivity contribution is 5.96. The predicted octanol–water partition coefficient (Wildman–Crippen LogP) is 2.93. The minimum atomic E-state index is 1.04. The summed E-state index contributed by atoms with van der Waals surface area (Å²) in [4.78, 5) is 11.4. The summed E-state index contributed by atoms with van der Waals surface area (Å²) in [5.41, 5.74) is 3.45. The number of nitrogens with one attached hydrogen (secondary N) is 1. The summed E-state index contributed by atoms with van der Waals surface area (Å²) in [6.45, 7) is 2.10. The number of aromatic nitrogens is 3. The second-order valence-electron chi connectivity index (χ2n) is 3.82. The normalized spacial score (nSPS) is 10.8. The van der Waals surface area contributed by atoms with Crippen LogP contribution in [0.4, 0.5) is 0 Å². The molecule has 0 atom stereocenters. The number of aromatic amines is 1. The lowest BCUT2D eigenvalue weighted by molar-refractivity contribution is 1.31. The van der Waals surface area contributed by atoms with Crippen molar-refractivity contribution in [3.8, 4) is 11.3 Å². The topological polar surface area (TPSA) is 41.6 Å². The van der Waals surface area contributed by atoms with Crippen molar-refractivity contribution in [2.45, 2.75) is 6.92 Å². The zero-order valence-electron chi connectivity index (χ0n) is 8.94. The third-order valence-electron chi connectivity index (χ3n) is 2.82. The van der Waals surface area contributed by atoms with Crippen LogP contribution in [-0.4, -0.2) is 15.0 Å². The van der Waals surface area contributed by atoms with Crippen molar-refractivity contribution >= 4 is 10.8 Å². The molecule has 3 rings (SSSR count). The lowest BCUT2D eigenvalue weighted by Crippen LogP contribution is -1.85. The number of hydrogen-bond acceptors (Lipinski definition) is 2. The maximum Gasteiger partial charge on any atom is 0.0924 e. The van der Waals surface area contributed by atoms with E-state index < -0.39 is 0 Å². The molecule has 1 N–H and O–H groups in total. The highest BCUT2D eigenvalue weighted by atomic mass is 14.9. The van der Waals surface area contributed by atoms with Crippen LogP contribution in [0.25, 0.3) is 22.0 Å². The first kappa shape index (κ1) is 9.09. The maximum absolute atomic E-state index is 4.17. The van der Waals surface area contributed by atoms with Crippen LogP contribution in [-0.2, 0) is 0 Å². The van der Waals surface area contributed by atoms with Gasteiger partial charge < -0.3 is 4.98 Å². The van der Waals surface area contributed by atoms with Gasteiger partial charge in [0.2, 0.25) is 0 Å². The Labute approximate surface area is 93.2 Å². The van der Waals surface area contributed by atoms with Crippen molar-refractivity contribution in [2.24, 2.45) is 0 Å². The van der Waals surface area contributed by atoms with Gasteiger partial charge in [0.05, 0.1) is 18.2 Å². The molecule has 0 unspecified atom stereocenters. The van der Waals surface area contributed by atoms with Crippen molar-refractivity contribution in [1.29, 1.82) is 0 Å². The monoisotopic (exact) mass is 209 g/mol. The van der Waals surface area contributed by atoms with E-state index in [1.165, 1.54) is 21.9 Å². The number of imidazole rings is 1. The summed E-state index contributed by atoms with van der Waals surface area (Å²) in [5, 5.41) is 2.40. The smallest absolute Gasteiger partial charge is 0.0924 e. The molecule has 3 aromatic rings. The molecular weight excluding hydrogens is 198 g/mol. The van der Waals surface area contributed by atoms with Gasteiger partial charge in [0.15, 0.2) is 0 Å². The second kappa shape index (κ2) is 3.45. The van der Waals surface area contributed by atoms with Gasteiger partial charge in [-0.05, 0) is 23.9 Å². The van der Waals surface area contributed by atoms with E-state index in [2.05, 4.69) is 34.0 Å². The minimum Gasteiger partial charge on any atom is -0.345 e. The average Bonchev–Trinajstić information content (AvgIpc) is 2.83. The molecule has 2 aromatic heterocycles. The average molecular weight is 209 g/mol. The van der Waals surface area contributed by atoms with Gasteiger partial charge in [-0.25, -0.2) is 4.98 Å². The van der Waals surface area contributed by atoms with Crippen LogP contribution >= 0.6 is 0 Å². The van der Waals surface area contributed by atoms with Crippen molar-refractivity contribution in [3.63, 3.8) is 0 Å². The molecule has 0 saturated heterocycles. The number of hydrogen-bond donors (Lipinski definition) is 1. The molecule has 0 spiro atoms. The van der Waals surface area contributed by atoms with Gasteiger partial charge in [-0.2, -0.15) is 0 Å². The fourth-order valence-electron chi connectivity index (χ4n) is 1.97. The van der Waals surface area contributed by atoms with Crippen LogP contribution in [0.15, 0.2) is 43.1 Å². The highest BCUT2D eigenvalue weighted by Crippen LogP contribution is 2.28. The van der Waals surface area contributed by atoms with E-state index in [9.17, 15) is 0 Å². The lowest BCUT2D eigenvalue weighted by Gasteiger charge is -2.06. The van der Waals surface area contributed by atoms with Crippen molar-refractivity contribution in [1.82, 2.24) is 15.0 Å². The number of benzene rings is 1. The van der Waals surface area contributed by atoms with Gasteiger partial charge in [-0.1, -0.05) is 12.1 Å². The van der Waals surface area contributed by atoms with Crippen LogP contribution in [0.2, 0.25) is 0 Å². The van der Waals surface area contributed by atoms with Gasteiger partial charge in [0.25, 0.3) is 0 Å². The minimum absolute atomic E-state index is 1.04. The number of nitrogens with zero attached hydrogens (tertiary/aromatic N) is 2. The molecule has 0 aliphatic heterocycles. The molecule has 3 heteroatoms. The SMILES string of the molecule is Cc1ccc(-c2cnc[nH]2)c2ccncc12. The van der Waals surface area contributed by atoms with E-state index in [0.717, 1.165) is 5.69 Å². The molecule has 0 radical (unpaired) electrons. The summed E-state index contributed by atoms with van der Waals surface area (Å²) in [5.74, 6) is 0. The molecule has 3 nitrogen and oxygen atoms in total. The van der Waals surface area contributed by atoms with Crippen LogP contribution in [0.3, 0.4) is 0 Å². The molecule has 0 aliphatic rings. The summed E-state index contributed by atoms with van der Waals surface area (Å²) < 4.78 is 0. The Bertz CT molecular complexity index is 627. The number of rotatable bonds is 1. The number of fused-ring (bicyclic) bond motifs is 1. The molecular formula is C13H11N3. The van der Waals surface area contributed by atoms with Crippen LogP contribution < -0.4 is 0 Å². The molecule has 0 amide bonds. The first-order valence-electron chi connectivity index (χ1n) is 5.18. The number of H-pyrrole nitrogens is 1. The Balaban J connectivity index is 2.39. The fourth-order valence-corrected chi connectivity index (χ4v) is 1.97. The molecule has 2 heterocycles. The summed E-state index contributed by atoms with van der Waals surface area (Å²) in [6.07, 6.45) is 7.26. The molecule has 0 aliphatic carbocycles. The number of pyridine rings is 1. The first-order chi connectivity index (χ1) is 7.86. The van der Waals surface area contributed by atoms with Gasteiger partial charge in [0.1, 0.15) is 0 Å². The van der Waals surface area contributed by atoms with Crippen molar-refractivity contribution in [2.75, 3.05) is 0 Å². The zero-order chi connectivity index (χ0) is 11.0. The maximum atomic E-state index is 4.17. The predicted molar refractivity (Wildman–Crippen MR) is 64.1 cm³/mol. The Morgan fingerprint density at radius 1 is 1.00 bits per heavy atom. The Hall–Kier alpha value is -2.16. The van der Waals surface area contributed by atoms with Crippen molar-refractivity contribution in [3.05, 3.63) is 48.7 Å². The first-order valence-corrected chi connectivity index (χ1v) is 5.18. The van der Waals surface area contributed by atoms with Gasteiger partial charge in [-0.3, -0.25) is 4.98 Å². The molecule has 0 saturated carbocycles. The summed E-state index contributed by atoms with van der Waals surface area (Å²) >= 11 is 0. The van der Waals surface area contributed by atoms with Crippen LogP contribution in [0, 0.1) is 6.92 Å². The van der Waals surface area contributed by atoms with Gasteiger partial charge in [0, 0.05) is 23.3 Å². The van der Waals surface area contributed by atoms with Crippen molar-refractivity contribution < 1.29 is 0 Å². The standard InChI is InChI=1S/C13H11N3/c1-9-2-3-11(13-7-15-8-16-13)10-4-5-14-6-12(9)10/h2-8H,1H3,(H,15,16). The molecule has 1 aromatic carbocycles. The lowest BCUT2D eigenvalue weighted by atomic mass is 10.0. The second-order valence-corrected chi connectivity index (χ2v) is 3.82. The molecule has 0 fully saturated rings. The quantitative estimate of drug-likeness (QED) is 0.669.